The number of benzene rings is 2. The second-order valence-electron chi connectivity index (χ2n) is 7.06. The van der Waals surface area contributed by atoms with Crippen LogP contribution in [0.4, 0.5) is 0 Å². The number of hydrogen-bond acceptors (Lipinski definition) is 7. The summed E-state index contributed by atoms with van der Waals surface area (Å²) in [7, 11) is 2.96. The first-order valence-corrected chi connectivity index (χ1v) is 10.3. The molecule has 2 aromatic carbocycles. The Bertz CT molecular complexity index is 1130. The second-order valence-corrected chi connectivity index (χ2v) is 7.06. The molecule has 0 atom stereocenters. The molecule has 1 aromatic heterocycles. The van der Waals surface area contributed by atoms with Crippen LogP contribution in [0.25, 0.3) is 22.3 Å². The van der Waals surface area contributed by atoms with E-state index >= 15 is 0 Å². The van der Waals surface area contributed by atoms with Gasteiger partial charge in [-0.2, -0.15) is 0 Å². The summed E-state index contributed by atoms with van der Waals surface area (Å²) in [6.07, 6.45) is 2.83. The van der Waals surface area contributed by atoms with Crippen LogP contribution in [0.5, 0.6) is 23.0 Å². The monoisotopic (exact) mass is 442 g/mol. The first-order valence-electron chi connectivity index (χ1n) is 10.3. The Balaban J connectivity index is 2.11. The van der Waals surface area contributed by atoms with Crippen molar-refractivity contribution in [3.05, 3.63) is 46.6 Å². The molecule has 1 heterocycles. The number of aliphatic carboxylic acids is 1. The van der Waals surface area contributed by atoms with Crippen molar-refractivity contribution in [1.29, 1.82) is 0 Å². The lowest BCUT2D eigenvalue weighted by Crippen LogP contribution is -2.12. The molecule has 0 saturated carbocycles. The number of carbonyl (C=O) groups is 1. The van der Waals surface area contributed by atoms with Gasteiger partial charge in [-0.1, -0.05) is 19.8 Å². The van der Waals surface area contributed by atoms with Crippen molar-refractivity contribution in [1.82, 2.24) is 0 Å². The van der Waals surface area contributed by atoms with Crippen LogP contribution in [0.1, 0.15) is 26.2 Å². The van der Waals surface area contributed by atoms with Gasteiger partial charge in [0.2, 0.25) is 11.2 Å². The van der Waals surface area contributed by atoms with Crippen molar-refractivity contribution >= 4 is 16.9 Å². The molecule has 3 rings (SSSR count). The Kier molecular flexibility index (Phi) is 7.59. The fraction of sp³-hybridized carbons (Fsp3) is 0.333. The fourth-order valence-electron chi connectivity index (χ4n) is 3.20. The molecule has 0 aliphatic heterocycles. The molecule has 170 valence electrons. The Morgan fingerprint density at radius 2 is 1.72 bits per heavy atom. The molecule has 1 N–H and O–H groups in total. The molecule has 0 amide bonds. The molecule has 0 aliphatic carbocycles. The highest BCUT2D eigenvalue weighted by Crippen LogP contribution is 2.37. The third-order valence-corrected chi connectivity index (χ3v) is 4.83. The van der Waals surface area contributed by atoms with Crippen molar-refractivity contribution in [2.75, 3.05) is 27.4 Å². The summed E-state index contributed by atoms with van der Waals surface area (Å²) in [5, 5.41) is 9.25. The van der Waals surface area contributed by atoms with E-state index < -0.39 is 12.6 Å². The normalized spacial score (nSPS) is 10.7. The quantitative estimate of drug-likeness (QED) is 0.433. The van der Waals surface area contributed by atoms with E-state index in [1.165, 1.54) is 19.2 Å². The molecule has 0 bridgehead atoms. The molecule has 0 fully saturated rings. The number of carboxylic acid groups (broad SMARTS) is 1. The van der Waals surface area contributed by atoms with Crippen LogP contribution in [0, 0.1) is 0 Å². The topological polar surface area (TPSA) is 104 Å². The standard InChI is InChI=1S/C24H26O8/c1-4-5-6-11-30-19-12-17-18(13-20(19)31-14-21(25)26)32-23(24(29-3)22(17)27)15-7-9-16(28-2)10-8-15/h7-10,12-13H,4-6,11,14H2,1-3H3,(H,25,26). The van der Waals surface area contributed by atoms with Crippen LogP contribution in [-0.4, -0.2) is 38.5 Å². The van der Waals surface area contributed by atoms with E-state index in [2.05, 4.69) is 6.92 Å². The zero-order valence-electron chi connectivity index (χ0n) is 18.3. The first-order chi connectivity index (χ1) is 15.5. The summed E-state index contributed by atoms with van der Waals surface area (Å²) >= 11 is 0. The number of hydrogen-bond donors (Lipinski definition) is 1. The molecular formula is C24H26O8. The van der Waals surface area contributed by atoms with Crippen molar-refractivity contribution in [3.63, 3.8) is 0 Å². The summed E-state index contributed by atoms with van der Waals surface area (Å²) in [6.45, 7) is 1.94. The van der Waals surface area contributed by atoms with Gasteiger partial charge in [0.15, 0.2) is 23.9 Å². The minimum absolute atomic E-state index is 0.0544. The largest absolute Gasteiger partial charge is 0.497 e. The van der Waals surface area contributed by atoms with Gasteiger partial charge in [0.05, 0.1) is 26.2 Å². The van der Waals surface area contributed by atoms with Gasteiger partial charge in [-0.15, -0.1) is 0 Å². The van der Waals surface area contributed by atoms with Crippen molar-refractivity contribution < 1.29 is 33.3 Å². The fourth-order valence-corrected chi connectivity index (χ4v) is 3.20. The zero-order valence-corrected chi connectivity index (χ0v) is 18.3. The van der Waals surface area contributed by atoms with Crippen molar-refractivity contribution in [2.24, 2.45) is 0 Å². The highest BCUT2D eigenvalue weighted by Gasteiger charge is 2.20. The lowest BCUT2D eigenvalue weighted by molar-refractivity contribution is -0.139. The number of methoxy groups -OCH3 is 2. The molecular weight excluding hydrogens is 416 g/mol. The predicted octanol–water partition coefficient (Wildman–Crippen LogP) is 4.51. The maximum Gasteiger partial charge on any atom is 0.341 e. The summed E-state index contributed by atoms with van der Waals surface area (Å²) in [5.74, 6) is 0.293. The third kappa shape index (κ3) is 5.14. The number of carboxylic acids is 1. The van der Waals surface area contributed by atoms with Crippen LogP contribution in [0.2, 0.25) is 0 Å². The number of fused-ring (bicyclic) bond motifs is 1. The van der Waals surface area contributed by atoms with Gasteiger partial charge in [0, 0.05) is 11.6 Å². The Morgan fingerprint density at radius 3 is 2.34 bits per heavy atom. The molecule has 0 saturated heterocycles. The lowest BCUT2D eigenvalue weighted by Gasteiger charge is -2.14. The summed E-state index contributed by atoms with van der Waals surface area (Å²) in [5.41, 5.74) is 0.472. The maximum absolute atomic E-state index is 13.2. The van der Waals surface area contributed by atoms with Gasteiger partial charge in [-0.05, 0) is 36.8 Å². The van der Waals surface area contributed by atoms with Crippen molar-refractivity contribution in [2.45, 2.75) is 26.2 Å². The Hall–Kier alpha value is -3.68. The highest BCUT2D eigenvalue weighted by atomic mass is 16.5. The Morgan fingerprint density at radius 1 is 1.00 bits per heavy atom. The minimum atomic E-state index is -1.13. The lowest BCUT2D eigenvalue weighted by atomic mass is 10.1. The summed E-state index contributed by atoms with van der Waals surface area (Å²) < 4.78 is 27.8. The predicted molar refractivity (Wildman–Crippen MR) is 119 cm³/mol. The van der Waals surface area contributed by atoms with Gasteiger partial charge in [0.1, 0.15) is 11.3 Å². The minimum Gasteiger partial charge on any atom is -0.497 e. The van der Waals surface area contributed by atoms with E-state index in [0.717, 1.165) is 19.3 Å². The maximum atomic E-state index is 13.2. The van der Waals surface area contributed by atoms with E-state index in [0.29, 0.717) is 17.9 Å². The molecule has 32 heavy (non-hydrogen) atoms. The van der Waals surface area contributed by atoms with E-state index in [9.17, 15) is 9.59 Å². The van der Waals surface area contributed by atoms with Crippen LogP contribution in [-0.2, 0) is 4.79 Å². The van der Waals surface area contributed by atoms with E-state index in [-0.39, 0.29) is 39.4 Å². The smallest absolute Gasteiger partial charge is 0.341 e. The van der Waals surface area contributed by atoms with Gasteiger partial charge in [-0.3, -0.25) is 4.79 Å². The first kappa shape index (κ1) is 23.0. The van der Waals surface area contributed by atoms with Gasteiger partial charge < -0.3 is 28.5 Å². The Labute approximate surface area is 185 Å². The SMILES string of the molecule is CCCCCOc1cc2c(=O)c(OC)c(-c3ccc(OC)cc3)oc2cc1OCC(=O)O. The molecule has 3 aromatic rings. The average molecular weight is 442 g/mol. The molecule has 8 heteroatoms. The average Bonchev–Trinajstić information content (AvgIpc) is 2.80. The van der Waals surface area contributed by atoms with Crippen LogP contribution in [0.3, 0.4) is 0 Å². The molecule has 0 spiro atoms. The molecule has 0 unspecified atom stereocenters. The second kappa shape index (κ2) is 10.6. The van der Waals surface area contributed by atoms with Crippen LogP contribution in [0.15, 0.2) is 45.6 Å². The molecule has 0 radical (unpaired) electrons. The highest BCUT2D eigenvalue weighted by molar-refractivity contribution is 5.85. The van der Waals surface area contributed by atoms with E-state index in [1.54, 1.807) is 31.4 Å². The summed E-state index contributed by atoms with van der Waals surface area (Å²) in [4.78, 5) is 24.2. The van der Waals surface area contributed by atoms with Crippen LogP contribution < -0.4 is 24.4 Å². The molecule has 8 nitrogen and oxygen atoms in total. The third-order valence-electron chi connectivity index (χ3n) is 4.83. The molecule has 0 aliphatic rings. The number of unbranched alkanes of at least 4 members (excludes halogenated alkanes) is 2. The van der Waals surface area contributed by atoms with Gasteiger partial charge >= 0.3 is 5.97 Å². The summed E-state index contributed by atoms with van der Waals surface area (Å²) in [6, 6.07) is 9.96. The van der Waals surface area contributed by atoms with Gasteiger partial charge in [0.25, 0.3) is 0 Å². The number of ether oxygens (including phenoxy) is 4. The number of rotatable bonds is 11. The van der Waals surface area contributed by atoms with E-state index in [1.807, 2.05) is 0 Å². The van der Waals surface area contributed by atoms with E-state index in [4.69, 9.17) is 28.5 Å². The van der Waals surface area contributed by atoms with Crippen LogP contribution >= 0.6 is 0 Å². The van der Waals surface area contributed by atoms with Crippen molar-refractivity contribution in [3.8, 4) is 34.3 Å². The zero-order chi connectivity index (χ0) is 23.1. The van der Waals surface area contributed by atoms with Gasteiger partial charge in [-0.25, -0.2) is 4.79 Å².